The molecule has 0 bridgehead atoms. The molecule has 0 aliphatic carbocycles. The Labute approximate surface area is 200 Å². The lowest BCUT2D eigenvalue weighted by Crippen LogP contribution is -2.02. The third kappa shape index (κ3) is 4.06. The predicted molar refractivity (Wildman–Crippen MR) is 141 cm³/mol. The molecule has 3 N–H and O–H groups in total. The highest BCUT2D eigenvalue weighted by atomic mass is 32.1. The fraction of sp³-hybridized carbons (Fsp3) is 0.0370. The minimum Gasteiger partial charge on any atom is -0.397 e. The van der Waals surface area contributed by atoms with Crippen LogP contribution in [0.5, 0.6) is 0 Å². The predicted octanol–water partition coefficient (Wildman–Crippen LogP) is 7.10. The summed E-state index contributed by atoms with van der Waals surface area (Å²) in [4.78, 5) is 18.7. The van der Waals surface area contributed by atoms with Crippen molar-refractivity contribution in [1.82, 2.24) is 4.98 Å². The zero-order valence-electron chi connectivity index (χ0n) is 17.7. The molecule has 2 aromatic heterocycles. The van der Waals surface area contributed by atoms with Gasteiger partial charge >= 0.3 is 0 Å². The van der Waals surface area contributed by atoms with Gasteiger partial charge in [-0.2, -0.15) is 0 Å². The number of para-hydroxylation sites is 1. The van der Waals surface area contributed by atoms with Gasteiger partial charge in [0.2, 0.25) is 5.78 Å². The van der Waals surface area contributed by atoms with Crippen LogP contribution in [0, 0.1) is 0 Å². The first kappa shape index (κ1) is 21.1. The monoisotopic (exact) mass is 467 g/mol. The Morgan fingerprint density at radius 3 is 2.36 bits per heavy atom. The molecule has 0 saturated carbocycles. The Morgan fingerprint density at radius 2 is 1.64 bits per heavy atom. The van der Waals surface area contributed by atoms with Gasteiger partial charge in [-0.25, -0.2) is 4.98 Å². The van der Waals surface area contributed by atoms with Crippen molar-refractivity contribution < 1.29 is 4.79 Å². The number of hydrogen-bond acceptors (Lipinski definition) is 6. The molecule has 6 heteroatoms. The zero-order valence-corrected chi connectivity index (χ0v) is 19.4. The topological polar surface area (TPSA) is 68.0 Å². The van der Waals surface area contributed by atoms with Crippen LogP contribution in [-0.4, -0.2) is 17.3 Å². The van der Waals surface area contributed by atoms with Gasteiger partial charge in [0.15, 0.2) is 0 Å². The Hall–Kier alpha value is -3.74. The van der Waals surface area contributed by atoms with Crippen molar-refractivity contribution in [2.24, 2.45) is 0 Å². The van der Waals surface area contributed by atoms with E-state index in [0.29, 0.717) is 22.7 Å². The molecule has 33 heavy (non-hydrogen) atoms. The molecule has 0 radical (unpaired) electrons. The van der Waals surface area contributed by atoms with Crippen LogP contribution in [0.25, 0.3) is 31.9 Å². The molecule has 0 spiro atoms. The number of aromatic nitrogens is 1. The Bertz CT molecular complexity index is 1420. The van der Waals surface area contributed by atoms with E-state index in [2.05, 4.69) is 24.0 Å². The number of fused-ring (bicyclic) bond motifs is 1. The molecule has 3 aromatic carbocycles. The van der Waals surface area contributed by atoms with Gasteiger partial charge in [0.1, 0.15) is 14.9 Å². The molecule has 0 unspecified atom stereocenters. The van der Waals surface area contributed by atoms with Gasteiger partial charge in [-0.15, -0.1) is 29.3 Å². The smallest absolute Gasteiger partial charge is 0.205 e. The zero-order chi connectivity index (χ0) is 22.8. The second-order valence-corrected chi connectivity index (χ2v) is 9.53. The molecule has 0 fully saturated rings. The van der Waals surface area contributed by atoms with E-state index in [4.69, 9.17) is 10.7 Å². The molecule has 162 valence electrons. The summed E-state index contributed by atoms with van der Waals surface area (Å²) in [5.74, 6) is -0.0916. The summed E-state index contributed by atoms with van der Waals surface area (Å²) in [5, 5.41) is 4.97. The summed E-state index contributed by atoms with van der Waals surface area (Å²) in [5.41, 5.74) is 11.5. The molecule has 2 heterocycles. The normalized spacial score (nSPS) is 10.9. The third-order valence-electron chi connectivity index (χ3n) is 5.32. The lowest BCUT2D eigenvalue weighted by Gasteiger charge is -2.04. The summed E-state index contributed by atoms with van der Waals surface area (Å²) in [6.45, 7) is 4.36. The standard InChI is InChI=1S/C27H21N3OS2/c1-2-16-29-26-22(27-30-20-10-6-7-11-21(20)32-27)23(28)25(33-26)24(31)19-14-12-18(13-15-19)17-8-4-3-5-9-17/h2-15,29H,1,16,28H2. The Kier molecular flexibility index (Phi) is 5.77. The number of benzene rings is 3. The van der Waals surface area contributed by atoms with Gasteiger partial charge in [0.05, 0.1) is 21.5 Å². The van der Waals surface area contributed by atoms with E-state index in [9.17, 15) is 4.79 Å². The van der Waals surface area contributed by atoms with Crippen molar-refractivity contribution in [3.05, 3.63) is 102 Å². The maximum absolute atomic E-state index is 13.4. The van der Waals surface area contributed by atoms with Crippen molar-refractivity contribution in [3.63, 3.8) is 0 Å². The fourth-order valence-corrected chi connectivity index (χ4v) is 5.86. The van der Waals surface area contributed by atoms with Crippen LogP contribution in [0.1, 0.15) is 15.2 Å². The number of carbonyl (C=O) groups excluding carboxylic acids is 1. The summed E-state index contributed by atoms with van der Waals surface area (Å²) < 4.78 is 1.08. The first-order chi connectivity index (χ1) is 16.2. The van der Waals surface area contributed by atoms with Crippen LogP contribution in [0.15, 0.2) is 91.5 Å². The van der Waals surface area contributed by atoms with Crippen LogP contribution in [0.2, 0.25) is 0 Å². The number of nitrogen functional groups attached to an aromatic ring is 1. The largest absolute Gasteiger partial charge is 0.397 e. The summed E-state index contributed by atoms with van der Waals surface area (Å²) in [7, 11) is 0. The molecule has 0 atom stereocenters. The van der Waals surface area contributed by atoms with Gasteiger partial charge < -0.3 is 11.1 Å². The lowest BCUT2D eigenvalue weighted by atomic mass is 10.0. The summed E-state index contributed by atoms with van der Waals surface area (Å²) in [6.07, 6.45) is 1.78. The number of hydrogen-bond donors (Lipinski definition) is 2. The van der Waals surface area contributed by atoms with E-state index in [0.717, 1.165) is 36.9 Å². The van der Waals surface area contributed by atoms with Crippen molar-refractivity contribution in [3.8, 4) is 21.7 Å². The summed E-state index contributed by atoms with van der Waals surface area (Å²) >= 11 is 2.94. The summed E-state index contributed by atoms with van der Waals surface area (Å²) in [6, 6.07) is 25.7. The lowest BCUT2D eigenvalue weighted by molar-refractivity contribution is 0.104. The third-order valence-corrected chi connectivity index (χ3v) is 7.54. The van der Waals surface area contributed by atoms with E-state index in [1.54, 1.807) is 17.4 Å². The Balaban J connectivity index is 1.54. The van der Waals surface area contributed by atoms with E-state index >= 15 is 0 Å². The average molecular weight is 468 g/mol. The Morgan fingerprint density at radius 1 is 0.939 bits per heavy atom. The van der Waals surface area contributed by atoms with Gasteiger partial charge in [0, 0.05) is 12.1 Å². The van der Waals surface area contributed by atoms with E-state index < -0.39 is 0 Å². The van der Waals surface area contributed by atoms with Crippen molar-refractivity contribution in [1.29, 1.82) is 0 Å². The van der Waals surface area contributed by atoms with Gasteiger partial charge in [-0.1, -0.05) is 72.8 Å². The second-order valence-electron chi connectivity index (χ2n) is 7.48. The molecule has 5 rings (SSSR count). The highest BCUT2D eigenvalue weighted by Gasteiger charge is 2.25. The number of ketones is 1. The number of thiazole rings is 1. The molecule has 0 amide bonds. The quantitative estimate of drug-likeness (QED) is 0.198. The van der Waals surface area contributed by atoms with Gasteiger partial charge in [-0.3, -0.25) is 4.79 Å². The van der Waals surface area contributed by atoms with Crippen LogP contribution >= 0.6 is 22.7 Å². The van der Waals surface area contributed by atoms with Crippen molar-refractivity contribution in [2.75, 3.05) is 17.6 Å². The SMILES string of the molecule is C=CCNc1sc(C(=O)c2ccc(-c3ccccc3)cc2)c(N)c1-c1nc2ccccc2s1. The highest BCUT2D eigenvalue weighted by Crippen LogP contribution is 2.46. The number of rotatable bonds is 7. The van der Waals surface area contributed by atoms with E-state index in [-0.39, 0.29) is 5.78 Å². The van der Waals surface area contributed by atoms with Crippen LogP contribution in [-0.2, 0) is 0 Å². The first-order valence-electron chi connectivity index (χ1n) is 10.5. The minimum absolute atomic E-state index is 0.0916. The molecule has 0 aliphatic rings. The maximum atomic E-state index is 13.4. The molecule has 4 nitrogen and oxygen atoms in total. The van der Waals surface area contributed by atoms with E-state index in [1.165, 1.54) is 11.3 Å². The number of nitrogens with one attached hydrogen (secondary N) is 1. The number of nitrogens with zero attached hydrogens (tertiary/aromatic N) is 1. The molecular weight excluding hydrogens is 446 g/mol. The number of carbonyl (C=O) groups is 1. The molecular formula is C27H21N3OS2. The minimum atomic E-state index is -0.0916. The van der Waals surface area contributed by atoms with Gasteiger partial charge in [-0.05, 0) is 23.3 Å². The molecule has 5 aromatic rings. The maximum Gasteiger partial charge on any atom is 0.205 e. The number of nitrogens with two attached hydrogens (primary N) is 1. The molecule has 0 saturated heterocycles. The average Bonchev–Trinajstić information content (AvgIpc) is 3.43. The number of anilines is 2. The highest BCUT2D eigenvalue weighted by molar-refractivity contribution is 7.23. The van der Waals surface area contributed by atoms with E-state index in [1.807, 2.05) is 66.7 Å². The van der Waals surface area contributed by atoms with Crippen LogP contribution in [0.3, 0.4) is 0 Å². The molecule has 0 aliphatic heterocycles. The van der Waals surface area contributed by atoms with Crippen molar-refractivity contribution >= 4 is 49.4 Å². The van der Waals surface area contributed by atoms with Crippen LogP contribution in [0.4, 0.5) is 10.7 Å². The number of thiophene rings is 1. The second kappa shape index (κ2) is 9.02. The van der Waals surface area contributed by atoms with Gasteiger partial charge in [0.25, 0.3) is 0 Å². The van der Waals surface area contributed by atoms with Crippen molar-refractivity contribution in [2.45, 2.75) is 0 Å². The first-order valence-corrected chi connectivity index (χ1v) is 12.1. The van der Waals surface area contributed by atoms with Crippen LogP contribution < -0.4 is 11.1 Å². The fourth-order valence-electron chi connectivity index (χ4n) is 3.67.